The van der Waals surface area contributed by atoms with Crippen LogP contribution >= 0.6 is 0 Å². The van der Waals surface area contributed by atoms with E-state index in [4.69, 9.17) is 0 Å². The van der Waals surface area contributed by atoms with Crippen molar-refractivity contribution in [1.82, 2.24) is 4.72 Å². The standard InChI is InChI=1S/C15H14F3NO3S/c16-15(17,18)12-6-4-5-11(9-12)14(20)10-19-23(21,22)13-7-2-1-3-8-13/h1-9,14,19-20H,10H2/t14-/m0/s1. The normalized spacial score (nSPS) is 13.7. The Kier molecular flexibility index (Phi) is 5.08. The highest BCUT2D eigenvalue weighted by Gasteiger charge is 2.31. The fraction of sp³-hybridized carbons (Fsp3) is 0.200. The van der Waals surface area contributed by atoms with Gasteiger partial charge < -0.3 is 5.11 Å². The van der Waals surface area contributed by atoms with Gasteiger partial charge in [0.1, 0.15) is 0 Å². The van der Waals surface area contributed by atoms with E-state index < -0.39 is 34.4 Å². The van der Waals surface area contributed by atoms with Gasteiger partial charge in [0.2, 0.25) is 10.0 Å². The van der Waals surface area contributed by atoms with Gasteiger partial charge in [-0.2, -0.15) is 13.2 Å². The van der Waals surface area contributed by atoms with Gasteiger partial charge in [-0.3, -0.25) is 0 Å². The van der Waals surface area contributed by atoms with Gasteiger partial charge in [0.15, 0.2) is 0 Å². The first-order valence-electron chi connectivity index (χ1n) is 6.60. The minimum absolute atomic E-state index is 0.0104. The third kappa shape index (κ3) is 4.54. The molecule has 2 N–H and O–H groups in total. The molecule has 0 aliphatic rings. The largest absolute Gasteiger partial charge is 0.416 e. The van der Waals surface area contributed by atoms with Gasteiger partial charge in [-0.25, -0.2) is 13.1 Å². The van der Waals surface area contributed by atoms with Gasteiger partial charge in [-0.15, -0.1) is 0 Å². The topological polar surface area (TPSA) is 66.4 Å². The summed E-state index contributed by atoms with van der Waals surface area (Å²) in [5.41, 5.74) is -0.921. The monoisotopic (exact) mass is 345 g/mol. The zero-order chi connectivity index (χ0) is 17.1. The van der Waals surface area contributed by atoms with E-state index in [1.165, 1.54) is 30.3 Å². The van der Waals surface area contributed by atoms with Crippen molar-refractivity contribution in [2.24, 2.45) is 0 Å². The summed E-state index contributed by atoms with van der Waals surface area (Å²) in [5.74, 6) is 0. The summed E-state index contributed by atoms with van der Waals surface area (Å²) in [4.78, 5) is 0.0104. The fourth-order valence-electron chi connectivity index (χ4n) is 1.91. The summed E-state index contributed by atoms with van der Waals surface area (Å²) < 4.78 is 64.1. The molecule has 0 bridgehead atoms. The molecule has 0 unspecified atom stereocenters. The Morgan fingerprint density at radius 2 is 1.70 bits per heavy atom. The van der Waals surface area contributed by atoms with Crippen molar-refractivity contribution in [3.8, 4) is 0 Å². The van der Waals surface area contributed by atoms with Crippen LogP contribution in [0.5, 0.6) is 0 Å². The zero-order valence-electron chi connectivity index (χ0n) is 11.8. The van der Waals surface area contributed by atoms with E-state index in [0.717, 1.165) is 18.2 Å². The minimum atomic E-state index is -4.53. The molecule has 2 rings (SSSR count). The second-order valence-corrected chi connectivity index (χ2v) is 6.57. The predicted molar refractivity (Wildman–Crippen MR) is 78.0 cm³/mol. The van der Waals surface area contributed by atoms with Crippen LogP contribution in [0.3, 0.4) is 0 Å². The van der Waals surface area contributed by atoms with Gasteiger partial charge in [0, 0.05) is 6.54 Å². The van der Waals surface area contributed by atoms with E-state index in [2.05, 4.69) is 4.72 Å². The van der Waals surface area contributed by atoms with Crippen LogP contribution in [0.4, 0.5) is 13.2 Å². The van der Waals surface area contributed by atoms with Crippen molar-refractivity contribution in [3.05, 3.63) is 65.7 Å². The lowest BCUT2D eigenvalue weighted by atomic mass is 10.1. The van der Waals surface area contributed by atoms with Crippen molar-refractivity contribution in [3.63, 3.8) is 0 Å². The van der Waals surface area contributed by atoms with Crippen LogP contribution in [0.2, 0.25) is 0 Å². The molecular weight excluding hydrogens is 331 g/mol. The highest BCUT2D eigenvalue weighted by Crippen LogP contribution is 2.30. The summed E-state index contributed by atoms with van der Waals surface area (Å²) in [6.45, 7) is -0.432. The van der Waals surface area contributed by atoms with Crippen LogP contribution in [0.15, 0.2) is 59.5 Å². The molecular formula is C15H14F3NO3S. The number of hydrogen-bond acceptors (Lipinski definition) is 3. The number of hydrogen-bond donors (Lipinski definition) is 2. The molecule has 8 heteroatoms. The van der Waals surface area contributed by atoms with Crippen LogP contribution in [-0.2, 0) is 16.2 Å². The Morgan fingerprint density at radius 3 is 2.30 bits per heavy atom. The molecule has 0 amide bonds. The second kappa shape index (κ2) is 6.69. The van der Waals surface area contributed by atoms with E-state index in [0.29, 0.717) is 0 Å². The van der Waals surface area contributed by atoms with Gasteiger partial charge in [-0.05, 0) is 29.8 Å². The number of nitrogens with one attached hydrogen (secondary N) is 1. The Hall–Kier alpha value is -1.90. The van der Waals surface area contributed by atoms with Crippen LogP contribution < -0.4 is 4.72 Å². The highest BCUT2D eigenvalue weighted by atomic mass is 32.2. The predicted octanol–water partition coefficient (Wildman–Crippen LogP) is 2.72. The van der Waals surface area contributed by atoms with Crippen LogP contribution in [0.25, 0.3) is 0 Å². The number of aliphatic hydroxyl groups excluding tert-OH is 1. The fourth-order valence-corrected chi connectivity index (χ4v) is 2.97. The zero-order valence-corrected chi connectivity index (χ0v) is 12.6. The lowest BCUT2D eigenvalue weighted by Gasteiger charge is -2.14. The quantitative estimate of drug-likeness (QED) is 0.876. The summed E-state index contributed by atoms with van der Waals surface area (Å²) >= 11 is 0. The Balaban J connectivity index is 2.10. The lowest BCUT2D eigenvalue weighted by molar-refractivity contribution is -0.137. The Morgan fingerprint density at radius 1 is 1.04 bits per heavy atom. The number of sulfonamides is 1. The average Bonchev–Trinajstić information content (AvgIpc) is 2.53. The molecule has 0 saturated carbocycles. The van der Waals surface area contributed by atoms with Crippen LogP contribution in [0, 0.1) is 0 Å². The second-order valence-electron chi connectivity index (χ2n) is 4.80. The summed E-state index contributed by atoms with van der Waals surface area (Å²) in [6.07, 6.45) is -5.92. The maximum Gasteiger partial charge on any atom is 0.416 e. The number of benzene rings is 2. The van der Waals surface area contributed by atoms with Gasteiger partial charge >= 0.3 is 6.18 Å². The highest BCUT2D eigenvalue weighted by molar-refractivity contribution is 7.89. The smallest absolute Gasteiger partial charge is 0.387 e. The third-order valence-corrected chi connectivity index (χ3v) is 4.56. The number of halogens is 3. The van der Waals surface area contributed by atoms with Gasteiger partial charge in [0.05, 0.1) is 16.6 Å². The summed E-state index contributed by atoms with van der Waals surface area (Å²) in [5, 5.41) is 9.93. The molecule has 1 atom stereocenters. The van der Waals surface area contributed by atoms with E-state index >= 15 is 0 Å². The molecule has 0 spiro atoms. The lowest BCUT2D eigenvalue weighted by Crippen LogP contribution is -2.28. The van der Waals surface area contributed by atoms with E-state index in [1.54, 1.807) is 6.07 Å². The third-order valence-electron chi connectivity index (χ3n) is 3.12. The Bertz CT molecular complexity index is 761. The first-order chi connectivity index (χ1) is 10.7. The van der Waals surface area contributed by atoms with Crippen LogP contribution in [-0.4, -0.2) is 20.1 Å². The van der Waals surface area contributed by atoms with E-state index in [1.807, 2.05) is 0 Å². The van der Waals surface area contributed by atoms with Gasteiger partial charge in [0.25, 0.3) is 0 Å². The number of aliphatic hydroxyl groups is 1. The average molecular weight is 345 g/mol. The van der Waals surface area contributed by atoms with Crippen molar-refractivity contribution < 1.29 is 26.7 Å². The van der Waals surface area contributed by atoms with E-state index in [-0.39, 0.29) is 10.5 Å². The molecule has 0 radical (unpaired) electrons. The molecule has 124 valence electrons. The minimum Gasteiger partial charge on any atom is -0.387 e. The van der Waals surface area contributed by atoms with Crippen molar-refractivity contribution in [2.75, 3.05) is 6.54 Å². The van der Waals surface area contributed by atoms with Crippen molar-refractivity contribution in [1.29, 1.82) is 0 Å². The number of alkyl halides is 3. The van der Waals surface area contributed by atoms with Crippen molar-refractivity contribution in [2.45, 2.75) is 17.2 Å². The molecule has 0 fully saturated rings. The SMILES string of the molecule is O=S(=O)(NC[C@H](O)c1cccc(C(F)(F)F)c1)c1ccccc1. The van der Waals surface area contributed by atoms with Crippen LogP contribution in [0.1, 0.15) is 17.2 Å². The van der Waals surface area contributed by atoms with Crippen molar-refractivity contribution >= 4 is 10.0 Å². The molecule has 4 nitrogen and oxygen atoms in total. The molecule has 0 aromatic heterocycles. The molecule has 0 saturated heterocycles. The molecule has 0 aliphatic heterocycles. The molecule has 23 heavy (non-hydrogen) atoms. The molecule has 2 aromatic rings. The first kappa shape index (κ1) is 17.5. The molecule has 0 heterocycles. The molecule has 0 aliphatic carbocycles. The number of rotatable bonds is 5. The Labute approximate surface area is 131 Å². The summed E-state index contributed by atoms with van der Waals surface area (Å²) in [6, 6.07) is 11.6. The van der Waals surface area contributed by atoms with E-state index in [9.17, 15) is 26.7 Å². The van der Waals surface area contributed by atoms with Gasteiger partial charge in [-0.1, -0.05) is 30.3 Å². The maximum atomic E-state index is 12.6. The molecule has 2 aromatic carbocycles. The first-order valence-corrected chi connectivity index (χ1v) is 8.08. The maximum absolute atomic E-state index is 12.6. The summed E-state index contributed by atoms with van der Waals surface area (Å²) in [7, 11) is -3.83.